The summed E-state index contributed by atoms with van der Waals surface area (Å²) < 4.78 is 6.29. The molecule has 0 unspecified atom stereocenters. The zero-order valence-electron chi connectivity index (χ0n) is 31.4. The topological polar surface area (TPSA) is 16.4 Å². The lowest BCUT2D eigenvalue weighted by molar-refractivity contribution is 0.669. The standard InChI is InChI=1S/C56H33NO/c1-2-14-43-35(9-1)10-8-19-50(43)57(41-28-25-34(26-29-41)39-27-30-45-44-15-3-4-20-51(44)58-52(45)32-39)42-31-40-24-23-38-12-6-17-47-46-16-5-11-36-21-22-37-13-7-18-48(55(37)53(36)46)49(33-42)56(40)54(38)47/h1-33H. The fraction of sp³-hybridized carbons (Fsp3) is 0. The normalized spacial score (nSPS) is 12.1. The molecular weight excluding hydrogens is 703 g/mol. The van der Waals surface area contributed by atoms with Gasteiger partial charge in [0.2, 0.25) is 0 Å². The van der Waals surface area contributed by atoms with Gasteiger partial charge in [0.15, 0.2) is 0 Å². The summed E-state index contributed by atoms with van der Waals surface area (Å²) >= 11 is 0. The van der Waals surface area contributed by atoms with Crippen LogP contribution in [0, 0.1) is 0 Å². The van der Waals surface area contributed by atoms with Gasteiger partial charge >= 0.3 is 0 Å². The maximum absolute atomic E-state index is 6.29. The number of furan rings is 1. The molecule has 0 aliphatic rings. The predicted octanol–water partition coefficient (Wildman–Crippen LogP) is 16.2. The molecule has 0 saturated carbocycles. The molecule has 0 spiro atoms. The van der Waals surface area contributed by atoms with Gasteiger partial charge in [-0.15, -0.1) is 0 Å². The van der Waals surface area contributed by atoms with Crippen LogP contribution in [0.25, 0.3) is 108 Å². The Morgan fingerprint density at radius 2 is 0.793 bits per heavy atom. The van der Waals surface area contributed by atoms with Crippen LogP contribution >= 0.6 is 0 Å². The molecule has 13 rings (SSSR count). The molecule has 2 nitrogen and oxygen atoms in total. The van der Waals surface area contributed by atoms with Crippen LogP contribution in [0.1, 0.15) is 0 Å². The Hall–Kier alpha value is -7.68. The first-order valence-electron chi connectivity index (χ1n) is 20.0. The van der Waals surface area contributed by atoms with E-state index in [4.69, 9.17) is 4.42 Å². The smallest absolute Gasteiger partial charge is 0.136 e. The van der Waals surface area contributed by atoms with Crippen molar-refractivity contribution in [3.8, 4) is 11.1 Å². The molecule has 13 aromatic rings. The first kappa shape index (κ1) is 31.5. The molecule has 0 amide bonds. The molecule has 268 valence electrons. The third kappa shape index (κ3) is 4.48. The van der Waals surface area contributed by atoms with E-state index >= 15 is 0 Å². The largest absolute Gasteiger partial charge is 0.456 e. The fourth-order valence-electron chi connectivity index (χ4n) is 9.94. The van der Waals surface area contributed by atoms with Crippen LogP contribution in [0.4, 0.5) is 17.1 Å². The molecule has 0 bridgehead atoms. The maximum Gasteiger partial charge on any atom is 0.136 e. The van der Waals surface area contributed by atoms with Crippen molar-refractivity contribution in [2.75, 3.05) is 4.90 Å². The van der Waals surface area contributed by atoms with Crippen LogP contribution in [-0.2, 0) is 0 Å². The van der Waals surface area contributed by atoms with E-state index in [1.54, 1.807) is 0 Å². The lowest BCUT2D eigenvalue weighted by Gasteiger charge is -2.28. The molecule has 0 N–H and O–H groups in total. The zero-order valence-corrected chi connectivity index (χ0v) is 31.4. The maximum atomic E-state index is 6.29. The summed E-state index contributed by atoms with van der Waals surface area (Å²) in [6.07, 6.45) is 0. The van der Waals surface area contributed by atoms with Gasteiger partial charge in [-0.2, -0.15) is 0 Å². The van der Waals surface area contributed by atoms with Gasteiger partial charge in [0.25, 0.3) is 0 Å². The van der Waals surface area contributed by atoms with Crippen LogP contribution in [0.15, 0.2) is 205 Å². The minimum absolute atomic E-state index is 0.904. The van der Waals surface area contributed by atoms with Gasteiger partial charge in [0.1, 0.15) is 11.2 Å². The van der Waals surface area contributed by atoms with Crippen molar-refractivity contribution in [1.82, 2.24) is 0 Å². The highest BCUT2D eigenvalue weighted by Gasteiger charge is 2.21. The second-order valence-electron chi connectivity index (χ2n) is 15.6. The monoisotopic (exact) mass is 735 g/mol. The number of nitrogens with zero attached hydrogens (tertiary/aromatic N) is 1. The summed E-state index contributed by atoms with van der Waals surface area (Å²) in [4.78, 5) is 2.45. The van der Waals surface area contributed by atoms with Crippen LogP contribution < -0.4 is 4.90 Å². The molecule has 1 heterocycles. The molecule has 58 heavy (non-hydrogen) atoms. The molecular formula is C56H33NO. The Labute approximate surface area is 333 Å². The number of rotatable bonds is 4. The fourth-order valence-corrected chi connectivity index (χ4v) is 9.94. The summed E-state index contributed by atoms with van der Waals surface area (Å²) in [6, 6.07) is 73.7. The summed E-state index contributed by atoms with van der Waals surface area (Å²) in [6.45, 7) is 0. The Bertz CT molecular complexity index is 3790. The van der Waals surface area contributed by atoms with Crippen molar-refractivity contribution >= 4 is 114 Å². The Kier molecular flexibility index (Phi) is 6.47. The minimum Gasteiger partial charge on any atom is -0.456 e. The lowest BCUT2D eigenvalue weighted by atomic mass is 9.87. The third-order valence-electron chi connectivity index (χ3n) is 12.5. The van der Waals surface area contributed by atoms with E-state index < -0.39 is 0 Å². The van der Waals surface area contributed by atoms with E-state index in [2.05, 4.69) is 193 Å². The average molecular weight is 736 g/mol. The van der Waals surface area contributed by atoms with E-state index in [0.29, 0.717) is 0 Å². The van der Waals surface area contributed by atoms with Gasteiger partial charge in [-0.25, -0.2) is 0 Å². The van der Waals surface area contributed by atoms with Crippen molar-refractivity contribution < 1.29 is 4.42 Å². The van der Waals surface area contributed by atoms with Gasteiger partial charge in [-0.3, -0.25) is 0 Å². The number of hydrogen-bond acceptors (Lipinski definition) is 2. The molecule has 0 aliphatic carbocycles. The first-order valence-corrected chi connectivity index (χ1v) is 20.0. The molecule has 12 aromatic carbocycles. The second-order valence-corrected chi connectivity index (χ2v) is 15.6. The third-order valence-corrected chi connectivity index (χ3v) is 12.5. The van der Waals surface area contributed by atoms with E-state index in [1.165, 1.54) is 75.4 Å². The molecule has 1 aromatic heterocycles. The van der Waals surface area contributed by atoms with Crippen LogP contribution in [0.2, 0.25) is 0 Å². The summed E-state index contributed by atoms with van der Waals surface area (Å²) in [5, 5.41) is 20.0. The number of anilines is 3. The second kappa shape index (κ2) is 11.9. The highest BCUT2D eigenvalue weighted by Crippen LogP contribution is 2.47. The SMILES string of the molecule is c1ccc2c(N(c3ccc(-c4ccc5c(c4)oc4ccccc45)cc3)c3cc4ccc5cccc6c7cccc8ccc9cccc(c(c3)c4c56)c9c87)cccc2c1. The van der Waals surface area contributed by atoms with Crippen molar-refractivity contribution in [2.24, 2.45) is 0 Å². The Morgan fingerprint density at radius 1 is 0.276 bits per heavy atom. The Balaban J connectivity index is 1.10. The number of fused-ring (bicyclic) bond motifs is 6. The first-order chi connectivity index (χ1) is 28.7. The van der Waals surface area contributed by atoms with Crippen molar-refractivity contribution in [1.29, 1.82) is 0 Å². The van der Waals surface area contributed by atoms with Gasteiger partial charge < -0.3 is 9.32 Å². The van der Waals surface area contributed by atoms with Crippen LogP contribution in [0.5, 0.6) is 0 Å². The summed E-state index contributed by atoms with van der Waals surface area (Å²) in [5.41, 5.74) is 7.43. The van der Waals surface area contributed by atoms with E-state index in [9.17, 15) is 0 Å². The van der Waals surface area contributed by atoms with Gasteiger partial charge in [0, 0.05) is 27.5 Å². The minimum atomic E-state index is 0.904. The van der Waals surface area contributed by atoms with Crippen LogP contribution in [0.3, 0.4) is 0 Å². The van der Waals surface area contributed by atoms with E-state index in [1.807, 2.05) is 12.1 Å². The number of benzene rings is 11. The van der Waals surface area contributed by atoms with Gasteiger partial charge in [-0.1, -0.05) is 152 Å². The molecule has 0 radical (unpaired) electrons. The van der Waals surface area contributed by atoms with Crippen LogP contribution in [-0.4, -0.2) is 0 Å². The quantitative estimate of drug-likeness (QED) is 0.167. The number of para-hydroxylation sites is 1. The zero-order chi connectivity index (χ0) is 37.9. The molecule has 0 aliphatic heterocycles. The van der Waals surface area contributed by atoms with E-state index in [-0.39, 0.29) is 0 Å². The van der Waals surface area contributed by atoms with Crippen molar-refractivity contribution in [2.45, 2.75) is 0 Å². The van der Waals surface area contributed by atoms with Gasteiger partial charge in [-0.05, 0) is 130 Å². The lowest BCUT2D eigenvalue weighted by Crippen LogP contribution is -2.10. The summed E-state index contributed by atoms with van der Waals surface area (Å²) in [7, 11) is 0. The molecule has 0 fully saturated rings. The predicted molar refractivity (Wildman–Crippen MR) is 248 cm³/mol. The number of hydrogen-bond donors (Lipinski definition) is 0. The summed E-state index contributed by atoms with van der Waals surface area (Å²) in [5.74, 6) is 0. The molecule has 0 atom stereocenters. The average Bonchev–Trinajstić information content (AvgIpc) is 3.66. The highest BCUT2D eigenvalue weighted by atomic mass is 16.3. The molecule has 0 saturated heterocycles. The molecule has 2 heteroatoms. The van der Waals surface area contributed by atoms with Crippen molar-refractivity contribution in [3.05, 3.63) is 200 Å². The Morgan fingerprint density at radius 3 is 1.52 bits per heavy atom. The van der Waals surface area contributed by atoms with E-state index in [0.717, 1.165) is 50.1 Å². The van der Waals surface area contributed by atoms with Gasteiger partial charge in [0.05, 0.1) is 5.69 Å². The highest BCUT2D eigenvalue weighted by molar-refractivity contribution is 6.37. The van der Waals surface area contributed by atoms with Crippen molar-refractivity contribution in [3.63, 3.8) is 0 Å².